The highest BCUT2D eigenvalue weighted by Crippen LogP contribution is 2.33. The van der Waals surface area contributed by atoms with Crippen LogP contribution in [0, 0.1) is 0 Å². The molecule has 5 rings (SSSR count). The van der Waals surface area contributed by atoms with E-state index in [1.165, 1.54) is 12.1 Å². The molecule has 0 bridgehead atoms. The maximum Gasteiger partial charge on any atom is 0.341 e. The number of nitrogens with one attached hydrogen (secondary N) is 1. The molecule has 0 radical (unpaired) electrons. The van der Waals surface area contributed by atoms with Gasteiger partial charge in [0.05, 0.1) is 37.5 Å². The van der Waals surface area contributed by atoms with Crippen molar-refractivity contribution in [3.05, 3.63) is 96.6 Å². The van der Waals surface area contributed by atoms with Gasteiger partial charge in [-0.1, -0.05) is 42.5 Å². The SMILES string of the molecule is COc1ccc(Nc2nc3ccc(OS(=O)(=O)c4ccccc4N)cc3n2Cc2ccccc2)cc1OC. The zero-order valence-electron chi connectivity index (χ0n) is 20.8. The smallest absolute Gasteiger partial charge is 0.341 e. The summed E-state index contributed by atoms with van der Waals surface area (Å²) in [4.78, 5) is 4.68. The van der Waals surface area contributed by atoms with Crippen LogP contribution in [0.5, 0.6) is 17.2 Å². The fourth-order valence-electron chi connectivity index (χ4n) is 4.10. The fraction of sp³-hybridized carbons (Fsp3) is 0.107. The van der Waals surface area contributed by atoms with Crippen molar-refractivity contribution in [2.75, 3.05) is 25.3 Å². The van der Waals surface area contributed by atoms with Gasteiger partial charge in [0.25, 0.3) is 0 Å². The van der Waals surface area contributed by atoms with Crippen LogP contribution in [0.3, 0.4) is 0 Å². The lowest BCUT2D eigenvalue weighted by molar-refractivity contribution is 0.355. The second-order valence-corrected chi connectivity index (χ2v) is 9.94. The van der Waals surface area contributed by atoms with Gasteiger partial charge < -0.3 is 29.3 Å². The predicted octanol–water partition coefficient (Wildman–Crippen LogP) is 5.20. The van der Waals surface area contributed by atoms with Crippen LogP contribution in [0.1, 0.15) is 5.56 Å². The summed E-state index contributed by atoms with van der Waals surface area (Å²) in [6, 6.07) is 26.5. The van der Waals surface area contributed by atoms with Gasteiger partial charge in [-0.05, 0) is 42.0 Å². The largest absolute Gasteiger partial charge is 0.493 e. The highest BCUT2D eigenvalue weighted by atomic mass is 32.2. The first-order valence-corrected chi connectivity index (χ1v) is 13.1. The maximum absolute atomic E-state index is 12.9. The lowest BCUT2D eigenvalue weighted by atomic mass is 10.2. The number of aromatic nitrogens is 2. The molecule has 0 saturated heterocycles. The van der Waals surface area contributed by atoms with Crippen molar-refractivity contribution in [3.8, 4) is 17.2 Å². The molecular formula is C28H26N4O5S. The highest BCUT2D eigenvalue weighted by Gasteiger charge is 2.21. The van der Waals surface area contributed by atoms with Gasteiger partial charge in [0.15, 0.2) is 11.5 Å². The average Bonchev–Trinajstić information content (AvgIpc) is 3.25. The van der Waals surface area contributed by atoms with Gasteiger partial charge in [-0.15, -0.1) is 0 Å². The first-order chi connectivity index (χ1) is 18.4. The lowest BCUT2D eigenvalue weighted by Gasteiger charge is -2.14. The molecule has 0 saturated carbocycles. The second-order valence-electron chi connectivity index (χ2n) is 8.43. The number of methoxy groups -OCH3 is 2. The van der Waals surface area contributed by atoms with Crippen molar-refractivity contribution >= 4 is 38.5 Å². The van der Waals surface area contributed by atoms with E-state index >= 15 is 0 Å². The summed E-state index contributed by atoms with van der Waals surface area (Å²) >= 11 is 0. The minimum Gasteiger partial charge on any atom is -0.493 e. The third-order valence-electron chi connectivity index (χ3n) is 5.94. The summed E-state index contributed by atoms with van der Waals surface area (Å²) in [5.41, 5.74) is 9.12. The zero-order valence-corrected chi connectivity index (χ0v) is 21.6. The van der Waals surface area contributed by atoms with E-state index in [1.54, 1.807) is 50.6 Å². The zero-order chi connectivity index (χ0) is 26.7. The summed E-state index contributed by atoms with van der Waals surface area (Å²) in [7, 11) is -0.983. The molecule has 0 amide bonds. The molecule has 0 atom stereocenters. The van der Waals surface area contributed by atoms with Crippen LogP contribution in [0.15, 0.2) is 95.9 Å². The minimum absolute atomic E-state index is 0.0892. The predicted molar refractivity (Wildman–Crippen MR) is 147 cm³/mol. The Balaban J connectivity index is 1.56. The van der Waals surface area contributed by atoms with Crippen LogP contribution in [-0.2, 0) is 16.7 Å². The number of imidazole rings is 1. The van der Waals surface area contributed by atoms with Crippen molar-refractivity contribution in [2.24, 2.45) is 0 Å². The Morgan fingerprint density at radius 2 is 1.61 bits per heavy atom. The molecule has 0 unspecified atom stereocenters. The highest BCUT2D eigenvalue weighted by molar-refractivity contribution is 7.87. The molecule has 0 fully saturated rings. The van der Waals surface area contributed by atoms with Gasteiger partial charge in [-0.2, -0.15) is 8.42 Å². The second kappa shape index (κ2) is 10.3. The van der Waals surface area contributed by atoms with Gasteiger partial charge in [0.2, 0.25) is 5.95 Å². The number of nitrogens with zero attached hydrogens (tertiary/aromatic N) is 2. The standard InChI is InChI=1S/C28H26N4O5S/c1-35-25-15-12-20(16-26(25)36-2)30-28-31-23-14-13-21(37-38(33,34)27-11-7-6-10-22(27)29)17-24(23)32(28)18-19-8-4-3-5-9-19/h3-17H,18,29H2,1-2H3,(H,30,31). The van der Waals surface area contributed by atoms with Crippen molar-refractivity contribution in [2.45, 2.75) is 11.4 Å². The first kappa shape index (κ1) is 25.0. The van der Waals surface area contributed by atoms with Gasteiger partial charge >= 0.3 is 10.1 Å². The number of benzene rings is 4. The number of nitrogen functional groups attached to an aromatic ring is 1. The van der Waals surface area contributed by atoms with Crippen molar-refractivity contribution in [3.63, 3.8) is 0 Å². The van der Waals surface area contributed by atoms with Crippen LogP contribution in [0.2, 0.25) is 0 Å². The summed E-state index contributed by atoms with van der Waals surface area (Å²) < 4.78 is 44.1. The van der Waals surface area contributed by atoms with Gasteiger partial charge in [-0.3, -0.25) is 0 Å². The minimum atomic E-state index is -4.14. The Bertz CT molecular complexity index is 1700. The Morgan fingerprint density at radius 3 is 2.34 bits per heavy atom. The molecule has 10 heteroatoms. The molecule has 0 spiro atoms. The molecule has 0 aliphatic carbocycles. The topological polar surface area (TPSA) is 118 Å². The molecule has 0 aliphatic rings. The van der Waals surface area contributed by atoms with E-state index in [9.17, 15) is 8.42 Å². The Hall–Kier alpha value is -4.70. The summed E-state index contributed by atoms with van der Waals surface area (Å²) in [5.74, 6) is 1.89. The third-order valence-corrected chi connectivity index (χ3v) is 7.26. The molecule has 1 aromatic heterocycles. The molecule has 38 heavy (non-hydrogen) atoms. The summed E-state index contributed by atoms with van der Waals surface area (Å²) in [5, 5.41) is 3.35. The number of hydrogen-bond donors (Lipinski definition) is 2. The number of nitrogens with two attached hydrogens (primary N) is 1. The third kappa shape index (κ3) is 5.07. The molecule has 1 heterocycles. The molecule has 5 aromatic rings. The van der Waals surface area contributed by atoms with E-state index in [-0.39, 0.29) is 16.3 Å². The normalized spacial score (nSPS) is 11.3. The Labute approximate surface area is 220 Å². The Kier molecular flexibility index (Phi) is 6.80. The van der Waals surface area contributed by atoms with Crippen LogP contribution < -0.4 is 24.7 Å². The molecule has 0 aliphatic heterocycles. The van der Waals surface area contributed by atoms with Crippen molar-refractivity contribution in [1.29, 1.82) is 0 Å². The number of fused-ring (bicyclic) bond motifs is 1. The number of rotatable bonds is 9. The van der Waals surface area contributed by atoms with Crippen LogP contribution in [0.25, 0.3) is 11.0 Å². The molecule has 9 nitrogen and oxygen atoms in total. The van der Waals surface area contributed by atoms with Crippen molar-refractivity contribution in [1.82, 2.24) is 9.55 Å². The summed E-state index contributed by atoms with van der Waals surface area (Å²) in [6.45, 7) is 0.481. The van der Waals surface area contributed by atoms with Crippen molar-refractivity contribution < 1.29 is 22.1 Å². The van der Waals surface area contributed by atoms with Crippen LogP contribution >= 0.6 is 0 Å². The average molecular weight is 531 g/mol. The number of hydrogen-bond acceptors (Lipinski definition) is 8. The summed E-state index contributed by atoms with van der Waals surface area (Å²) in [6.07, 6.45) is 0. The lowest BCUT2D eigenvalue weighted by Crippen LogP contribution is -2.12. The van der Waals surface area contributed by atoms with Crippen LogP contribution in [0.4, 0.5) is 17.3 Å². The van der Waals surface area contributed by atoms with E-state index in [4.69, 9.17) is 24.4 Å². The van der Waals surface area contributed by atoms with E-state index < -0.39 is 10.1 Å². The van der Waals surface area contributed by atoms with E-state index in [2.05, 4.69) is 5.32 Å². The number of para-hydroxylation sites is 1. The molecular weight excluding hydrogens is 504 g/mol. The van der Waals surface area contributed by atoms with Gasteiger partial charge in [-0.25, -0.2) is 4.98 Å². The van der Waals surface area contributed by atoms with Gasteiger partial charge in [0, 0.05) is 17.8 Å². The Morgan fingerprint density at radius 1 is 0.868 bits per heavy atom. The quantitative estimate of drug-likeness (QED) is 0.197. The molecule has 194 valence electrons. The maximum atomic E-state index is 12.9. The van der Waals surface area contributed by atoms with Gasteiger partial charge in [0.1, 0.15) is 10.6 Å². The van der Waals surface area contributed by atoms with Crippen LogP contribution in [-0.4, -0.2) is 32.2 Å². The van der Waals surface area contributed by atoms with E-state index in [1.807, 2.05) is 47.0 Å². The number of anilines is 3. The molecule has 3 N–H and O–H groups in total. The first-order valence-electron chi connectivity index (χ1n) is 11.7. The van der Waals surface area contributed by atoms with E-state index in [0.29, 0.717) is 35.0 Å². The van der Waals surface area contributed by atoms with E-state index in [0.717, 1.165) is 11.3 Å². The number of ether oxygens (including phenoxy) is 2. The monoisotopic (exact) mass is 530 g/mol. The molecule has 4 aromatic carbocycles. The fourth-order valence-corrected chi connectivity index (χ4v) is 5.15.